The number of halogens is 1. The highest BCUT2D eigenvalue weighted by Gasteiger charge is 2.10. The van der Waals surface area contributed by atoms with Crippen LogP contribution in [0.5, 0.6) is 0 Å². The summed E-state index contributed by atoms with van der Waals surface area (Å²) in [4.78, 5) is 13.6. The summed E-state index contributed by atoms with van der Waals surface area (Å²) < 4.78 is 1.05. The van der Waals surface area contributed by atoms with Crippen molar-refractivity contribution in [1.29, 1.82) is 0 Å². The molecule has 1 amide bonds. The first-order valence-corrected chi connectivity index (χ1v) is 6.95. The van der Waals surface area contributed by atoms with Crippen LogP contribution in [0.3, 0.4) is 0 Å². The Balaban J connectivity index is 2.39. The van der Waals surface area contributed by atoms with E-state index in [2.05, 4.69) is 15.9 Å². The molecule has 100 valence electrons. The van der Waals surface area contributed by atoms with Gasteiger partial charge >= 0.3 is 0 Å². The molecule has 1 unspecified atom stereocenters. The maximum absolute atomic E-state index is 11.9. The Morgan fingerprint density at radius 1 is 1.44 bits per heavy atom. The first kappa shape index (κ1) is 15.2. The molecule has 0 radical (unpaired) electrons. The second-order valence-corrected chi connectivity index (χ2v) is 5.40. The van der Waals surface area contributed by atoms with E-state index in [1.165, 1.54) is 0 Å². The molecule has 0 saturated carbocycles. The number of hydrogen-bond donors (Lipinski definition) is 1. The Bertz CT molecular complexity index is 393. The summed E-state index contributed by atoms with van der Waals surface area (Å²) in [6.45, 7) is 2.34. The van der Waals surface area contributed by atoms with Crippen molar-refractivity contribution in [3.05, 3.63) is 34.3 Å². The maximum atomic E-state index is 11.9. The molecule has 0 fully saturated rings. The van der Waals surface area contributed by atoms with E-state index in [0.29, 0.717) is 19.4 Å². The van der Waals surface area contributed by atoms with E-state index < -0.39 is 0 Å². The lowest BCUT2D eigenvalue weighted by Crippen LogP contribution is -2.29. The van der Waals surface area contributed by atoms with Crippen molar-refractivity contribution in [2.75, 3.05) is 13.6 Å². The first-order chi connectivity index (χ1) is 8.50. The van der Waals surface area contributed by atoms with Crippen molar-refractivity contribution >= 4 is 21.8 Å². The average Bonchev–Trinajstić information content (AvgIpc) is 2.34. The summed E-state index contributed by atoms with van der Waals surface area (Å²) in [5.74, 6) is 0.117. The summed E-state index contributed by atoms with van der Waals surface area (Å²) in [7, 11) is 1.78. The van der Waals surface area contributed by atoms with Crippen LogP contribution in [0.15, 0.2) is 28.7 Å². The molecule has 0 bridgehead atoms. The molecule has 3 nitrogen and oxygen atoms in total. The Hall–Kier alpha value is -0.870. The van der Waals surface area contributed by atoms with Gasteiger partial charge in [0.05, 0.1) is 6.10 Å². The Kier molecular flexibility index (Phi) is 6.36. The zero-order chi connectivity index (χ0) is 13.5. The van der Waals surface area contributed by atoms with Crippen LogP contribution in [0.2, 0.25) is 0 Å². The Morgan fingerprint density at radius 2 is 2.11 bits per heavy atom. The number of aliphatic hydroxyl groups is 1. The summed E-state index contributed by atoms with van der Waals surface area (Å²) in [6, 6.07) is 7.94. The standard InChI is InChI=1S/C14H20BrNO2/c1-11(17)9-10-16(2)14(18)8-7-12-5-3-4-6-13(12)15/h3-6,11,17H,7-10H2,1-2H3. The van der Waals surface area contributed by atoms with Crippen LogP contribution in [0, 0.1) is 0 Å². The third-order valence-corrected chi connectivity index (χ3v) is 3.65. The number of rotatable bonds is 6. The van der Waals surface area contributed by atoms with E-state index in [9.17, 15) is 9.90 Å². The number of nitrogens with zero attached hydrogens (tertiary/aromatic N) is 1. The Labute approximate surface area is 117 Å². The molecule has 0 saturated heterocycles. The van der Waals surface area contributed by atoms with Gasteiger partial charge in [-0.15, -0.1) is 0 Å². The lowest BCUT2D eigenvalue weighted by molar-refractivity contribution is -0.130. The lowest BCUT2D eigenvalue weighted by Gasteiger charge is -2.18. The van der Waals surface area contributed by atoms with Crippen molar-refractivity contribution < 1.29 is 9.90 Å². The van der Waals surface area contributed by atoms with Crippen molar-refractivity contribution in [1.82, 2.24) is 4.90 Å². The fourth-order valence-corrected chi connectivity index (χ4v) is 2.12. The molecule has 0 aliphatic rings. The molecule has 1 rings (SSSR count). The molecule has 18 heavy (non-hydrogen) atoms. The predicted octanol–water partition coefficient (Wildman–Crippen LogP) is 2.61. The average molecular weight is 314 g/mol. The van der Waals surface area contributed by atoms with Crippen LogP contribution in [0.4, 0.5) is 0 Å². The van der Waals surface area contributed by atoms with Gasteiger partial charge in [-0.1, -0.05) is 34.1 Å². The molecule has 0 aliphatic carbocycles. The minimum atomic E-state index is -0.358. The molecular formula is C14H20BrNO2. The van der Waals surface area contributed by atoms with Crippen molar-refractivity contribution in [3.63, 3.8) is 0 Å². The van der Waals surface area contributed by atoms with Gasteiger partial charge in [-0.3, -0.25) is 4.79 Å². The fourth-order valence-electron chi connectivity index (χ4n) is 1.64. The number of benzene rings is 1. The van der Waals surface area contributed by atoms with Gasteiger partial charge in [-0.2, -0.15) is 0 Å². The molecular weight excluding hydrogens is 294 g/mol. The summed E-state index contributed by atoms with van der Waals surface area (Å²) in [5.41, 5.74) is 1.15. The highest BCUT2D eigenvalue weighted by molar-refractivity contribution is 9.10. The van der Waals surface area contributed by atoms with Gasteiger partial charge < -0.3 is 10.0 Å². The second-order valence-electron chi connectivity index (χ2n) is 4.54. The van der Waals surface area contributed by atoms with Gasteiger partial charge in [0, 0.05) is 24.5 Å². The normalized spacial score (nSPS) is 12.2. The van der Waals surface area contributed by atoms with E-state index in [0.717, 1.165) is 16.5 Å². The summed E-state index contributed by atoms with van der Waals surface area (Å²) in [6.07, 6.45) is 1.50. The fraction of sp³-hybridized carbons (Fsp3) is 0.500. The number of amides is 1. The van der Waals surface area contributed by atoms with Gasteiger partial charge in [0.25, 0.3) is 0 Å². The van der Waals surface area contributed by atoms with Crippen molar-refractivity contribution in [2.24, 2.45) is 0 Å². The molecule has 0 spiro atoms. The van der Waals surface area contributed by atoms with Crippen molar-refractivity contribution in [2.45, 2.75) is 32.3 Å². The SMILES string of the molecule is CC(O)CCN(C)C(=O)CCc1ccccc1Br. The van der Waals surface area contributed by atoms with Crippen LogP contribution in [-0.4, -0.2) is 35.6 Å². The highest BCUT2D eigenvalue weighted by atomic mass is 79.9. The van der Waals surface area contributed by atoms with Gasteiger partial charge in [0.2, 0.25) is 5.91 Å². The largest absolute Gasteiger partial charge is 0.393 e. The molecule has 1 N–H and O–H groups in total. The minimum Gasteiger partial charge on any atom is -0.393 e. The smallest absolute Gasteiger partial charge is 0.222 e. The number of aryl methyl sites for hydroxylation is 1. The second kappa shape index (κ2) is 7.54. The molecule has 1 aromatic rings. The molecule has 0 aliphatic heterocycles. The van der Waals surface area contributed by atoms with Crippen LogP contribution < -0.4 is 0 Å². The van der Waals surface area contributed by atoms with Crippen LogP contribution in [0.1, 0.15) is 25.3 Å². The Morgan fingerprint density at radius 3 is 2.72 bits per heavy atom. The van der Waals surface area contributed by atoms with E-state index in [1.807, 2.05) is 24.3 Å². The third-order valence-electron chi connectivity index (χ3n) is 2.87. The van der Waals surface area contributed by atoms with E-state index in [-0.39, 0.29) is 12.0 Å². The number of hydrogen-bond acceptors (Lipinski definition) is 2. The molecule has 0 aromatic heterocycles. The summed E-state index contributed by atoms with van der Waals surface area (Å²) in [5, 5.41) is 9.18. The monoisotopic (exact) mass is 313 g/mol. The lowest BCUT2D eigenvalue weighted by atomic mass is 10.1. The maximum Gasteiger partial charge on any atom is 0.222 e. The van der Waals surface area contributed by atoms with Gasteiger partial charge in [0.1, 0.15) is 0 Å². The zero-order valence-corrected chi connectivity index (χ0v) is 12.5. The zero-order valence-electron chi connectivity index (χ0n) is 10.9. The molecule has 1 aromatic carbocycles. The quantitative estimate of drug-likeness (QED) is 0.877. The topological polar surface area (TPSA) is 40.5 Å². The number of aliphatic hydroxyl groups excluding tert-OH is 1. The third kappa shape index (κ3) is 5.19. The summed E-state index contributed by atoms with van der Waals surface area (Å²) >= 11 is 3.48. The van der Waals surface area contributed by atoms with Gasteiger partial charge in [0.15, 0.2) is 0 Å². The van der Waals surface area contributed by atoms with Gasteiger partial charge in [-0.25, -0.2) is 0 Å². The van der Waals surface area contributed by atoms with Crippen LogP contribution >= 0.6 is 15.9 Å². The first-order valence-electron chi connectivity index (χ1n) is 6.16. The minimum absolute atomic E-state index is 0.117. The van der Waals surface area contributed by atoms with E-state index in [4.69, 9.17) is 0 Å². The molecule has 1 atom stereocenters. The van der Waals surface area contributed by atoms with Crippen LogP contribution in [0.25, 0.3) is 0 Å². The van der Waals surface area contributed by atoms with E-state index >= 15 is 0 Å². The van der Waals surface area contributed by atoms with Crippen molar-refractivity contribution in [3.8, 4) is 0 Å². The number of carbonyl (C=O) groups excluding carboxylic acids is 1. The molecule has 4 heteroatoms. The predicted molar refractivity (Wildman–Crippen MR) is 76.4 cm³/mol. The van der Waals surface area contributed by atoms with Gasteiger partial charge in [-0.05, 0) is 31.4 Å². The highest BCUT2D eigenvalue weighted by Crippen LogP contribution is 2.17. The molecule has 0 heterocycles. The number of carbonyl (C=O) groups is 1. The van der Waals surface area contributed by atoms with E-state index in [1.54, 1.807) is 18.9 Å². The van der Waals surface area contributed by atoms with Crippen LogP contribution in [-0.2, 0) is 11.2 Å².